The van der Waals surface area contributed by atoms with Gasteiger partial charge in [-0.1, -0.05) is 0 Å². The number of nitrogens with zero attached hydrogens (tertiary/aromatic N) is 7. The van der Waals surface area contributed by atoms with Crippen LogP contribution < -0.4 is 10.2 Å². The fourth-order valence-electron chi connectivity index (χ4n) is 4.50. The summed E-state index contributed by atoms with van der Waals surface area (Å²) in [6.45, 7) is 1.37. The Morgan fingerprint density at radius 3 is 2.62 bits per heavy atom. The number of aromatic nitrogens is 6. The molecule has 210 valence electrons. The maximum atomic E-state index is 13.3. The van der Waals surface area contributed by atoms with Crippen LogP contribution in [0.4, 0.5) is 33.5 Å². The van der Waals surface area contributed by atoms with E-state index in [9.17, 15) is 26.7 Å². The second-order valence-electron chi connectivity index (χ2n) is 9.91. The van der Waals surface area contributed by atoms with Gasteiger partial charge < -0.3 is 19.4 Å². The molecule has 2 aliphatic rings. The summed E-state index contributed by atoms with van der Waals surface area (Å²) < 4.78 is 68.7. The molecule has 1 aliphatic heterocycles. The zero-order chi connectivity index (χ0) is 28.2. The van der Waals surface area contributed by atoms with Crippen molar-refractivity contribution in [2.45, 2.75) is 44.3 Å². The number of rotatable bonds is 8. The number of amides is 1. The molecule has 0 radical (unpaired) electrons. The van der Waals surface area contributed by atoms with Gasteiger partial charge in [0.25, 0.3) is 5.91 Å². The molecule has 9 nitrogen and oxygen atoms in total. The van der Waals surface area contributed by atoms with E-state index in [0.717, 1.165) is 41.4 Å². The van der Waals surface area contributed by atoms with Crippen molar-refractivity contribution >= 4 is 28.7 Å². The lowest BCUT2D eigenvalue weighted by molar-refractivity contribution is -0.162. The number of thiazole rings is 1. The Balaban J connectivity index is 1.24. The quantitative estimate of drug-likeness (QED) is 0.276. The Kier molecular flexibility index (Phi) is 6.55. The summed E-state index contributed by atoms with van der Waals surface area (Å²) in [4.78, 5) is 31.9. The summed E-state index contributed by atoms with van der Waals surface area (Å²) in [5.74, 6) is -0.756. The van der Waals surface area contributed by atoms with E-state index >= 15 is 0 Å². The van der Waals surface area contributed by atoms with Crippen molar-refractivity contribution in [2.24, 2.45) is 5.92 Å². The summed E-state index contributed by atoms with van der Waals surface area (Å²) in [6, 6.07) is -0.247. The Morgan fingerprint density at radius 1 is 1.15 bits per heavy atom. The molecule has 1 amide bonds. The Morgan fingerprint density at radius 2 is 1.93 bits per heavy atom. The van der Waals surface area contributed by atoms with Crippen molar-refractivity contribution in [1.29, 1.82) is 0 Å². The molecule has 0 bridgehead atoms. The van der Waals surface area contributed by atoms with Crippen molar-refractivity contribution in [3.8, 4) is 16.5 Å². The molecule has 15 heteroatoms. The second kappa shape index (κ2) is 9.94. The number of nitrogens with one attached hydrogen (secondary N) is 1. The lowest BCUT2D eigenvalue weighted by atomic mass is 10.00. The highest BCUT2D eigenvalue weighted by atomic mass is 32.1. The van der Waals surface area contributed by atoms with Crippen molar-refractivity contribution in [1.82, 2.24) is 29.1 Å². The molecule has 0 spiro atoms. The van der Waals surface area contributed by atoms with E-state index in [1.165, 1.54) is 24.0 Å². The summed E-state index contributed by atoms with van der Waals surface area (Å²) in [5, 5.41) is 4.34. The van der Waals surface area contributed by atoms with Crippen LogP contribution in [0, 0.1) is 5.92 Å². The zero-order valence-corrected chi connectivity index (χ0v) is 21.8. The molecule has 1 atom stereocenters. The number of anilines is 2. The maximum Gasteiger partial charge on any atom is 0.408 e. The standard InChI is InChI=1S/C25H23F5N8OS/c1-13(25(28,29)30)38-5-4-31-22(38)24-35-20(11-40-24)34-23(39)16-6-18(37-10-17(33-12-37)14-2-3-14)19(7-32-16)36-8-15(9-36)21(26)27/h4-7,10-15,21H,2-3,8-9H2,1H3,(H,34,39)/t13-/m0/s1. The van der Waals surface area contributed by atoms with Gasteiger partial charge in [0.15, 0.2) is 10.8 Å². The third-order valence-corrected chi connectivity index (χ3v) is 7.91. The smallest absolute Gasteiger partial charge is 0.367 e. The first-order valence-electron chi connectivity index (χ1n) is 12.5. The van der Waals surface area contributed by atoms with E-state index in [0.29, 0.717) is 17.3 Å². The van der Waals surface area contributed by atoms with Gasteiger partial charge in [-0.25, -0.2) is 28.7 Å². The van der Waals surface area contributed by atoms with Crippen LogP contribution in [-0.4, -0.2) is 60.7 Å². The van der Waals surface area contributed by atoms with E-state index in [4.69, 9.17) is 0 Å². The van der Waals surface area contributed by atoms with Gasteiger partial charge in [0.1, 0.15) is 17.6 Å². The molecule has 4 aromatic rings. The van der Waals surface area contributed by atoms with Gasteiger partial charge in [-0.15, -0.1) is 11.3 Å². The highest BCUT2D eigenvalue weighted by molar-refractivity contribution is 7.13. The molecule has 1 saturated carbocycles. The summed E-state index contributed by atoms with van der Waals surface area (Å²) >= 11 is 1.04. The van der Waals surface area contributed by atoms with E-state index in [-0.39, 0.29) is 35.4 Å². The van der Waals surface area contributed by atoms with Gasteiger partial charge in [0.2, 0.25) is 6.43 Å². The predicted octanol–water partition coefficient (Wildman–Crippen LogP) is 5.54. The third kappa shape index (κ3) is 5.05. The van der Waals surface area contributed by atoms with Crippen LogP contribution in [0.1, 0.15) is 47.9 Å². The average Bonchev–Trinajstić information content (AvgIpc) is 3.25. The Labute approximate surface area is 228 Å². The topological polar surface area (TPSA) is 93.8 Å². The minimum Gasteiger partial charge on any atom is -0.367 e. The molecule has 2 fully saturated rings. The van der Waals surface area contributed by atoms with Crippen molar-refractivity contribution in [3.05, 3.63) is 53.9 Å². The molecule has 1 saturated heterocycles. The van der Waals surface area contributed by atoms with Gasteiger partial charge in [-0.05, 0) is 25.8 Å². The number of carbonyl (C=O) groups is 1. The van der Waals surface area contributed by atoms with Gasteiger partial charge in [-0.3, -0.25) is 4.79 Å². The molecule has 1 aliphatic carbocycles. The first kappa shape index (κ1) is 26.3. The lowest BCUT2D eigenvalue weighted by Crippen LogP contribution is -2.50. The van der Waals surface area contributed by atoms with Crippen LogP contribution in [-0.2, 0) is 0 Å². The van der Waals surface area contributed by atoms with Crippen LogP contribution in [0.3, 0.4) is 0 Å². The molecule has 6 rings (SSSR count). The van der Waals surface area contributed by atoms with E-state index < -0.39 is 30.5 Å². The van der Waals surface area contributed by atoms with E-state index in [2.05, 4.69) is 25.3 Å². The van der Waals surface area contributed by atoms with Gasteiger partial charge in [0.05, 0.1) is 35.5 Å². The van der Waals surface area contributed by atoms with Crippen LogP contribution in [0.25, 0.3) is 16.5 Å². The third-order valence-electron chi connectivity index (χ3n) is 7.07. The number of imidazole rings is 2. The molecular weight excluding hydrogens is 555 g/mol. The van der Waals surface area contributed by atoms with Crippen LogP contribution in [0.5, 0.6) is 0 Å². The highest BCUT2D eigenvalue weighted by Gasteiger charge is 2.39. The Bertz CT molecular complexity index is 1540. The average molecular weight is 579 g/mol. The zero-order valence-electron chi connectivity index (χ0n) is 21.0. The van der Waals surface area contributed by atoms with Crippen LogP contribution in [0.15, 0.2) is 42.6 Å². The van der Waals surface area contributed by atoms with E-state index in [1.54, 1.807) is 21.9 Å². The van der Waals surface area contributed by atoms with Gasteiger partial charge in [-0.2, -0.15) is 13.2 Å². The molecule has 1 N–H and O–H groups in total. The minimum absolute atomic E-state index is 0.0308. The number of pyridine rings is 1. The SMILES string of the molecule is C[C@H](n1ccnc1-c1nc(NC(=O)c2cc(-n3cnc(C4CC4)c3)c(N3CC(C(F)F)C3)cn2)cs1)C(F)(F)F. The first-order chi connectivity index (χ1) is 19.1. The number of alkyl halides is 5. The fraction of sp³-hybridized carbons (Fsp3) is 0.400. The van der Waals surface area contributed by atoms with Crippen LogP contribution >= 0.6 is 11.3 Å². The molecule has 4 aromatic heterocycles. The highest BCUT2D eigenvalue weighted by Crippen LogP contribution is 2.40. The first-order valence-corrected chi connectivity index (χ1v) is 13.4. The van der Waals surface area contributed by atoms with Crippen molar-refractivity contribution < 1.29 is 26.7 Å². The van der Waals surface area contributed by atoms with Gasteiger partial charge in [0, 0.05) is 43.0 Å². The normalized spacial score (nSPS) is 16.8. The molecule has 0 aromatic carbocycles. The predicted molar refractivity (Wildman–Crippen MR) is 137 cm³/mol. The van der Waals surface area contributed by atoms with Crippen LogP contribution in [0.2, 0.25) is 0 Å². The largest absolute Gasteiger partial charge is 0.408 e. The fourth-order valence-corrected chi connectivity index (χ4v) is 5.25. The number of hydrogen-bond donors (Lipinski definition) is 1. The minimum atomic E-state index is -4.47. The summed E-state index contributed by atoms with van der Waals surface area (Å²) in [6.07, 6.45) is 2.71. The van der Waals surface area contributed by atoms with Crippen molar-refractivity contribution in [2.75, 3.05) is 23.3 Å². The molecule has 40 heavy (non-hydrogen) atoms. The van der Waals surface area contributed by atoms with E-state index in [1.807, 2.05) is 6.20 Å². The second-order valence-corrected chi connectivity index (χ2v) is 10.8. The lowest BCUT2D eigenvalue weighted by Gasteiger charge is -2.41. The summed E-state index contributed by atoms with van der Waals surface area (Å²) in [5.41, 5.74) is 2.16. The molecular formula is C25H23F5N8OS. The number of hydrogen-bond acceptors (Lipinski definition) is 7. The van der Waals surface area contributed by atoms with Crippen molar-refractivity contribution in [3.63, 3.8) is 0 Å². The number of halogens is 5. The maximum absolute atomic E-state index is 13.3. The monoisotopic (exact) mass is 578 g/mol. The molecule has 5 heterocycles. The summed E-state index contributed by atoms with van der Waals surface area (Å²) in [7, 11) is 0. The Hall–Kier alpha value is -3.88. The number of carbonyl (C=O) groups excluding carboxylic acids is 1. The molecule has 0 unspecified atom stereocenters. The van der Waals surface area contributed by atoms with Gasteiger partial charge >= 0.3 is 6.18 Å².